The predicted octanol–water partition coefficient (Wildman–Crippen LogP) is 5.14. The van der Waals surface area contributed by atoms with E-state index in [2.05, 4.69) is 10.3 Å². The summed E-state index contributed by atoms with van der Waals surface area (Å²) in [5.74, 6) is 0.716. The van der Waals surface area contributed by atoms with Crippen LogP contribution in [0.3, 0.4) is 0 Å². The number of carbonyl (C=O) groups excluding carboxylic acids is 1. The van der Waals surface area contributed by atoms with E-state index in [0.717, 1.165) is 30.5 Å². The first-order valence-electron chi connectivity index (χ1n) is 10.9. The van der Waals surface area contributed by atoms with Gasteiger partial charge in [0.1, 0.15) is 17.5 Å². The zero-order valence-electron chi connectivity index (χ0n) is 20.3. The lowest BCUT2D eigenvalue weighted by Gasteiger charge is -2.34. The molecule has 1 aromatic rings. The van der Waals surface area contributed by atoms with Gasteiger partial charge in [0, 0.05) is 12.2 Å². The van der Waals surface area contributed by atoms with E-state index in [-0.39, 0.29) is 22.5 Å². The standard InChI is InChI=1S/C18H27N5O3S2.2C2H6/c1-18(2,3)26-17(24)23-10-4-5-14(11-23)25-13-8-6-12(7-9-13)21-16(27)22-15(19)28-20;2*1-2/h6-9,14H,4-5,10-11,20H2,1-3H3,(H3,19,21,22,27);2*1-2H3. The summed E-state index contributed by atoms with van der Waals surface area (Å²) in [6.45, 7) is 14.8. The van der Waals surface area contributed by atoms with Gasteiger partial charge >= 0.3 is 6.09 Å². The second-order valence-corrected chi connectivity index (χ2v) is 8.37. The van der Waals surface area contributed by atoms with E-state index in [0.29, 0.717) is 18.8 Å². The molecule has 0 aromatic heterocycles. The highest BCUT2D eigenvalue weighted by Gasteiger charge is 2.28. The van der Waals surface area contributed by atoms with Crippen LogP contribution in [-0.4, -0.2) is 46.1 Å². The molecule has 0 saturated carbocycles. The van der Waals surface area contributed by atoms with Crippen LogP contribution in [0.25, 0.3) is 0 Å². The Morgan fingerprint density at radius 2 is 1.81 bits per heavy atom. The van der Waals surface area contributed by atoms with E-state index in [1.807, 2.05) is 72.7 Å². The van der Waals surface area contributed by atoms with E-state index in [9.17, 15) is 4.79 Å². The van der Waals surface area contributed by atoms with Gasteiger partial charge < -0.3 is 25.4 Å². The molecule has 0 radical (unpaired) electrons. The van der Waals surface area contributed by atoms with Crippen molar-refractivity contribution in [3.05, 3.63) is 24.3 Å². The fourth-order valence-electron chi connectivity index (χ4n) is 2.61. The number of benzene rings is 1. The van der Waals surface area contributed by atoms with Gasteiger partial charge in [0.15, 0.2) is 10.3 Å². The Balaban J connectivity index is 0.00000227. The molecule has 0 aliphatic carbocycles. The van der Waals surface area contributed by atoms with E-state index < -0.39 is 5.60 Å². The van der Waals surface area contributed by atoms with Gasteiger partial charge in [-0.2, -0.15) is 4.99 Å². The summed E-state index contributed by atoms with van der Waals surface area (Å²) in [7, 11) is 0. The molecule has 1 amide bonds. The molecule has 1 aliphatic heterocycles. The van der Waals surface area contributed by atoms with Crippen LogP contribution >= 0.6 is 24.2 Å². The van der Waals surface area contributed by atoms with Crippen molar-refractivity contribution in [2.24, 2.45) is 15.9 Å². The Labute approximate surface area is 202 Å². The van der Waals surface area contributed by atoms with Gasteiger partial charge in [-0.15, -0.1) is 0 Å². The summed E-state index contributed by atoms with van der Waals surface area (Å²) < 4.78 is 11.5. The molecule has 10 heteroatoms. The maximum absolute atomic E-state index is 12.3. The Morgan fingerprint density at radius 3 is 2.34 bits per heavy atom. The minimum absolute atomic E-state index is 0.0767. The predicted molar refractivity (Wildman–Crippen MR) is 140 cm³/mol. The van der Waals surface area contributed by atoms with Crippen molar-refractivity contribution in [2.75, 3.05) is 18.4 Å². The maximum atomic E-state index is 12.3. The molecule has 182 valence electrons. The number of ether oxygens (including phenoxy) is 2. The molecule has 0 bridgehead atoms. The Bertz CT molecular complexity index is 721. The lowest BCUT2D eigenvalue weighted by Crippen LogP contribution is -2.46. The van der Waals surface area contributed by atoms with Gasteiger partial charge in [0.2, 0.25) is 0 Å². The third-order valence-corrected chi connectivity index (χ3v) is 4.30. The number of thiocarbonyl (C=S) groups is 1. The highest BCUT2D eigenvalue weighted by atomic mass is 32.2. The fraction of sp³-hybridized carbons (Fsp3) is 0.591. The van der Waals surface area contributed by atoms with Crippen molar-refractivity contribution in [2.45, 2.75) is 73.0 Å². The van der Waals surface area contributed by atoms with Gasteiger partial charge in [-0.05, 0) is 82.0 Å². The molecule has 1 saturated heterocycles. The summed E-state index contributed by atoms with van der Waals surface area (Å²) in [6.07, 6.45) is 1.38. The zero-order chi connectivity index (χ0) is 24.7. The smallest absolute Gasteiger partial charge is 0.410 e. The van der Waals surface area contributed by atoms with Crippen LogP contribution in [0, 0.1) is 0 Å². The molecule has 5 N–H and O–H groups in total. The fourth-order valence-corrected chi connectivity index (χ4v) is 3.03. The number of hydrogen-bond acceptors (Lipinski definition) is 6. The number of aliphatic imine (C=N–C) groups is 1. The molecule has 0 spiro atoms. The number of amidine groups is 1. The number of nitrogens with zero attached hydrogens (tertiary/aromatic N) is 2. The number of amides is 1. The average molecular weight is 486 g/mol. The van der Waals surface area contributed by atoms with Crippen molar-refractivity contribution in [3.8, 4) is 5.75 Å². The third-order valence-electron chi connectivity index (χ3n) is 3.77. The lowest BCUT2D eigenvalue weighted by atomic mass is 10.1. The Kier molecular flexibility index (Phi) is 14.7. The molecule has 1 heterocycles. The van der Waals surface area contributed by atoms with Gasteiger partial charge in [-0.1, -0.05) is 27.7 Å². The van der Waals surface area contributed by atoms with Crippen LogP contribution in [0.1, 0.15) is 61.3 Å². The van der Waals surface area contributed by atoms with E-state index in [1.165, 1.54) is 0 Å². The van der Waals surface area contributed by atoms with Crippen LogP contribution in [-0.2, 0) is 4.74 Å². The zero-order valence-corrected chi connectivity index (χ0v) is 21.9. The minimum Gasteiger partial charge on any atom is -0.489 e. The quantitative estimate of drug-likeness (QED) is 0.233. The number of piperidine rings is 1. The van der Waals surface area contributed by atoms with E-state index in [4.69, 9.17) is 32.6 Å². The van der Waals surface area contributed by atoms with Gasteiger partial charge in [-0.3, -0.25) is 5.14 Å². The third kappa shape index (κ3) is 12.1. The van der Waals surface area contributed by atoms with Crippen LogP contribution in [0.15, 0.2) is 29.3 Å². The summed E-state index contributed by atoms with van der Waals surface area (Å²) >= 11 is 5.92. The summed E-state index contributed by atoms with van der Waals surface area (Å²) in [5.41, 5.74) is 5.78. The highest BCUT2D eigenvalue weighted by Crippen LogP contribution is 2.22. The molecule has 2 rings (SSSR count). The molecule has 1 aromatic carbocycles. The van der Waals surface area contributed by atoms with Crippen molar-refractivity contribution in [3.63, 3.8) is 0 Å². The first-order chi connectivity index (χ1) is 15.2. The SMILES string of the molecule is CC.CC.CC(C)(C)OC(=O)N1CCCC(Oc2ccc(NC(=S)/N=C(\N)SN)cc2)C1. The van der Waals surface area contributed by atoms with Gasteiger partial charge in [-0.25, -0.2) is 4.79 Å². The molecule has 32 heavy (non-hydrogen) atoms. The van der Waals surface area contributed by atoms with Gasteiger partial charge in [0.25, 0.3) is 0 Å². The first-order valence-corrected chi connectivity index (χ1v) is 12.2. The van der Waals surface area contributed by atoms with Crippen LogP contribution in [0.4, 0.5) is 10.5 Å². The second-order valence-electron chi connectivity index (χ2n) is 7.33. The molecule has 1 aliphatic rings. The monoisotopic (exact) mass is 485 g/mol. The number of nitrogens with one attached hydrogen (secondary N) is 1. The van der Waals surface area contributed by atoms with Gasteiger partial charge in [0.05, 0.1) is 6.54 Å². The minimum atomic E-state index is -0.508. The summed E-state index contributed by atoms with van der Waals surface area (Å²) in [4.78, 5) is 17.9. The molecule has 1 fully saturated rings. The van der Waals surface area contributed by atoms with E-state index >= 15 is 0 Å². The Morgan fingerprint density at radius 1 is 1.22 bits per heavy atom. The number of nitrogens with two attached hydrogens (primary N) is 2. The largest absolute Gasteiger partial charge is 0.489 e. The topological polar surface area (TPSA) is 115 Å². The molecular weight excluding hydrogens is 446 g/mol. The van der Waals surface area contributed by atoms with Crippen LogP contribution in [0.5, 0.6) is 5.75 Å². The second kappa shape index (κ2) is 15.7. The molecule has 1 unspecified atom stereocenters. The molecular formula is C22H39N5O3S2. The normalized spacial score (nSPS) is 15.9. The van der Waals surface area contributed by atoms with Crippen LogP contribution in [0.2, 0.25) is 0 Å². The van der Waals surface area contributed by atoms with Crippen molar-refractivity contribution in [1.29, 1.82) is 0 Å². The highest BCUT2D eigenvalue weighted by molar-refractivity contribution is 8.11. The number of anilines is 1. The molecule has 8 nitrogen and oxygen atoms in total. The number of rotatable bonds is 3. The van der Waals surface area contributed by atoms with Crippen molar-refractivity contribution < 1.29 is 14.3 Å². The van der Waals surface area contributed by atoms with Crippen molar-refractivity contribution >= 4 is 46.2 Å². The summed E-state index contributed by atoms with van der Waals surface area (Å²) in [5, 5.41) is 8.67. The summed E-state index contributed by atoms with van der Waals surface area (Å²) in [6, 6.07) is 7.33. The number of carbonyl (C=O) groups is 1. The van der Waals surface area contributed by atoms with E-state index in [1.54, 1.807) is 4.90 Å². The number of likely N-dealkylation sites (tertiary alicyclic amines) is 1. The number of hydrogen-bond donors (Lipinski definition) is 3. The average Bonchev–Trinajstić information content (AvgIpc) is 2.77. The lowest BCUT2D eigenvalue weighted by molar-refractivity contribution is 0.00776. The Hall–Kier alpha value is -2.04. The van der Waals surface area contributed by atoms with Crippen molar-refractivity contribution in [1.82, 2.24) is 4.90 Å². The van der Waals surface area contributed by atoms with Crippen LogP contribution < -0.4 is 20.9 Å². The first kappa shape index (κ1) is 30.0. The molecule has 1 atom stereocenters. The maximum Gasteiger partial charge on any atom is 0.410 e.